The summed E-state index contributed by atoms with van der Waals surface area (Å²) in [6.07, 6.45) is 4.35. The van der Waals surface area contributed by atoms with Crippen LogP contribution in [0.5, 0.6) is 23.0 Å². The molecule has 2 aliphatic rings. The molecule has 1 atom stereocenters. The maximum atomic E-state index is 13.4. The maximum Gasteiger partial charge on any atom is 0.234 e. The molecule has 206 valence electrons. The quantitative estimate of drug-likeness (QED) is 0.438. The number of methoxy groups -OCH3 is 4. The molecule has 0 aromatic heterocycles. The second-order valence-electron chi connectivity index (χ2n) is 10.3. The average molecular weight is 531 g/mol. The predicted octanol–water partition coefficient (Wildman–Crippen LogP) is 4.54. The van der Waals surface area contributed by atoms with Crippen molar-refractivity contribution in [2.24, 2.45) is 0 Å². The van der Waals surface area contributed by atoms with Crippen LogP contribution < -0.4 is 24.3 Å². The van der Waals surface area contributed by atoms with Gasteiger partial charge in [-0.1, -0.05) is 30.3 Å². The Kier molecular flexibility index (Phi) is 8.27. The molecule has 7 heteroatoms. The summed E-state index contributed by atoms with van der Waals surface area (Å²) in [6, 6.07) is 18.8. The zero-order valence-corrected chi connectivity index (χ0v) is 23.3. The SMILES string of the molecule is COc1ccc(CC2c3cc(OC)c(OC)cc3CCCN2CC(=O)NC2Cc3ccccc3C2)cc1OC. The van der Waals surface area contributed by atoms with E-state index in [4.69, 9.17) is 18.9 Å². The maximum absolute atomic E-state index is 13.4. The summed E-state index contributed by atoms with van der Waals surface area (Å²) in [5, 5.41) is 3.31. The zero-order valence-electron chi connectivity index (χ0n) is 23.3. The Bertz CT molecular complexity index is 1300. The highest BCUT2D eigenvalue weighted by Gasteiger charge is 2.30. The molecule has 0 spiro atoms. The van der Waals surface area contributed by atoms with Gasteiger partial charge in [0, 0.05) is 12.1 Å². The van der Waals surface area contributed by atoms with Gasteiger partial charge in [-0.2, -0.15) is 0 Å². The first kappa shape index (κ1) is 26.9. The number of hydrogen-bond acceptors (Lipinski definition) is 6. The van der Waals surface area contributed by atoms with Gasteiger partial charge in [0.15, 0.2) is 23.0 Å². The predicted molar refractivity (Wildman–Crippen MR) is 151 cm³/mol. The van der Waals surface area contributed by atoms with Crippen LogP contribution >= 0.6 is 0 Å². The fraction of sp³-hybridized carbons (Fsp3) is 0.406. The molecule has 0 saturated carbocycles. The molecule has 7 nitrogen and oxygen atoms in total. The highest BCUT2D eigenvalue weighted by Crippen LogP contribution is 2.40. The van der Waals surface area contributed by atoms with Gasteiger partial charge in [0.1, 0.15) is 0 Å². The Balaban J connectivity index is 1.42. The van der Waals surface area contributed by atoms with Crippen LogP contribution in [0.15, 0.2) is 54.6 Å². The fourth-order valence-electron chi connectivity index (χ4n) is 6.07. The Morgan fingerprint density at radius 2 is 1.46 bits per heavy atom. The second kappa shape index (κ2) is 12.0. The summed E-state index contributed by atoms with van der Waals surface area (Å²) in [4.78, 5) is 15.7. The summed E-state index contributed by atoms with van der Waals surface area (Å²) in [6.45, 7) is 1.15. The fourth-order valence-corrected chi connectivity index (χ4v) is 6.07. The number of nitrogens with one attached hydrogen (secondary N) is 1. The number of ether oxygens (including phenoxy) is 4. The van der Waals surface area contributed by atoms with Crippen LogP contribution in [-0.4, -0.2) is 58.4 Å². The molecule has 39 heavy (non-hydrogen) atoms. The van der Waals surface area contributed by atoms with Crippen molar-refractivity contribution < 1.29 is 23.7 Å². The summed E-state index contributed by atoms with van der Waals surface area (Å²) in [5.41, 5.74) is 6.17. The molecule has 5 rings (SSSR count). The normalized spacial score (nSPS) is 17.1. The third-order valence-corrected chi connectivity index (χ3v) is 7.98. The van der Waals surface area contributed by atoms with Gasteiger partial charge >= 0.3 is 0 Å². The van der Waals surface area contributed by atoms with E-state index in [0.717, 1.165) is 43.5 Å². The first-order valence-corrected chi connectivity index (χ1v) is 13.6. The van der Waals surface area contributed by atoms with Crippen LogP contribution in [0.3, 0.4) is 0 Å². The topological polar surface area (TPSA) is 69.3 Å². The Morgan fingerprint density at radius 3 is 2.13 bits per heavy atom. The number of hydrogen-bond donors (Lipinski definition) is 1. The van der Waals surface area contributed by atoms with E-state index in [-0.39, 0.29) is 18.0 Å². The average Bonchev–Trinajstić information content (AvgIpc) is 3.29. The molecule has 1 heterocycles. The van der Waals surface area contributed by atoms with Crippen LogP contribution in [0.4, 0.5) is 0 Å². The third-order valence-electron chi connectivity index (χ3n) is 7.98. The molecule has 1 aliphatic heterocycles. The monoisotopic (exact) mass is 530 g/mol. The van der Waals surface area contributed by atoms with E-state index < -0.39 is 0 Å². The summed E-state index contributed by atoms with van der Waals surface area (Å²) in [7, 11) is 6.62. The number of rotatable bonds is 9. The molecule has 0 bridgehead atoms. The molecular weight excluding hydrogens is 492 g/mol. The lowest BCUT2D eigenvalue weighted by Gasteiger charge is -2.31. The van der Waals surface area contributed by atoms with Gasteiger partial charge < -0.3 is 24.3 Å². The van der Waals surface area contributed by atoms with Crippen molar-refractivity contribution in [1.29, 1.82) is 0 Å². The number of carbonyl (C=O) groups is 1. The lowest BCUT2D eigenvalue weighted by molar-refractivity contribution is -0.123. The number of fused-ring (bicyclic) bond motifs is 2. The van der Waals surface area contributed by atoms with E-state index in [1.165, 1.54) is 22.3 Å². The number of amides is 1. The van der Waals surface area contributed by atoms with Crippen LogP contribution in [0.1, 0.15) is 40.3 Å². The lowest BCUT2D eigenvalue weighted by Crippen LogP contribution is -2.44. The number of nitrogens with zero attached hydrogens (tertiary/aromatic N) is 1. The van der Waals surface area contributed by atoms with Crippen molar-refractivity contribution in [2.75, 3.05) is 41.5 Å². The minimum atomic E-state index is -0.0214. The van der Waals surface area contributed by atoms with E-state index >= 15 is 0 Å². The van der Waals surface area contributed by atoms with E-state index in [2.05, 4.69) is 52.7 Å². The molecule has 1 amide bonds. The number of benzene rings is 3. The van der Waals surface area contributed by atoms with Crippen LogP contribution in [0.25, 0.3) is 0 Å². The summed E-state index contributed by atoms with van der Waals surface area (Å²) < 4.78 is 22.3. The van der Waals surface area contributed by atoms with Crippen LogP contribution in [0, 0.1) is 0 Å². The van der Waals surface area contributed by atoms with Crippen LogP contribution in [0.2, 0.25) is 0 Å². The van der Waals surface area contributed by atoms with E-state index in [0.29, 0.717) is 30.2 Å². The molecule has 0 radical (unpaired) electrons. The van der Waals surface area contributed by atoms with Gasteiger partial charge in [0.25, 0.3) is 0 Å². The van der Waals surface area contributed by atoms with Crippen molar-refractivity contribution >= 4 is 5.91 Å². The Labute approximate surface area is 231 Å². The van der Waals surface area contributed by atoms with Crippen molar-refractivity contribution in [1.82, 2.24) is 10.2 Å². The lowest BCUT2D eigenvalue weighted by atomic mass is 9.92. The van der Waals surface area contributed by atoms with Crippen molar-refractivity contribution in [3.8, 4) is 23.0 Å². The molecule has 1 unspecified atom stereocenters. The van der Waals surface area contributed by atoms with Gasteiger partial charge in [-0.05, 0) is 90.7 Å². The van der Waals surface area contributed by atoms with Crippen molar-refractivity contribution in [2.45, 2.75) is 44.2 Å². The number of aryl methyl sites for hydroxylation is 1. The molecule has 0 fully saturated rings. The first-order valence-electron chi connectivity index (χ1n) is 13.6. The molecule has 3 aromatic rings. The van der Waals surface area contributed by atoms with Gasteiger partial charge in [-0.3, -0.25) is 9.69 Å². The highest BCUT2D eigenvalue weighted by atomic mass is 16.5. The van der Waals surface area contributed by atoms with E-state index in [1.54, 1.807) is 28.4 Å². The van der Waals surface area contributed by atoms with Gasteiger partial charge in [-0.15, -0.1) is 0 Å². The van der Waals surface area contributed by atoms with E-state index in [9.17, 15) is 4.79 Å². The highest BCUT2D eigenvalue weighted by molar-refractivity contribution is 5.78. The Morgan fingerprint density at radius 1 is 0.821 bits per heavy atom. The zero-order chi connectivity index (χ0) is 27.4. The minimum absolute atomic E-state index is 0.0214. The minimum Gasteiger partial charge on any atom is -0.493 e. The summed E-state index contributed by atoms with van der Waals surface area (Å²) in [5.74, 6) is 2.88. The largest absolute Gasteiger partial charge is 0.493 e. The van der Waals surface area contributed by atoms with E-state index in [1.807, 2.05) is 12.1 Å². The second-order valence-corrected chi connectivity index (χ2v) is 10.3. The van der Waals surface area contributed by atoms with Crippen molar-refractivity contribution in [3.05, 3.63) is 82.4 Å². The Hall–Kier alpha value is -3.71. The third kappa shape index (κ3) is 5.83. The van der Waals surface area contributed by atoms with Gasteiger partial charge in [0.05, 0.1) is 35.0 Å². The summed E-state index contributed by atoms with van der Waals surface area (Å²) >= 11 is 0. The van der Waals surface area contributed by atoms with Crippen LogP contribution in [-0.2, 0) is 30.5 Å². The smallest absolute Gasteiger partial charge is 0.234 e. The molecule has 3 aromatic carbocycles. The molecule has 0 saturated heterocycles. The van der Waals surface area contributed by atoms with Gasteiger partial charge in [-0.25, -0.2) is 0 Å². The standard InChI is InChI=1S/C32H38N2O5/c1-36-28-12-11-21(15-29(28)37-2)14-27-26-19-31(39-4)30(38-3)18-24(26)10-7-13-34(27)20-32(35)33-25-16-22-8-5-6-9-23(22)17-25/h5-6,8-9,11-12,15,18-19,25,27H,7,10,13-14,16-17,20H2,1-4H3,(H,33,35). The molecular formula is C32H38N2O5. The first-order chi connectivity index (χ1) is 19.0. The van der Waals surface area contributed by atoms with Gasteiger partial charge in [0.2, 0.25) is 5.91 Å². The molecule has 1 aliphatic carbocycles. The number of carbonyl (C=O) groups excluding carboxylic acids is 1. The molecule has 1 N–H and O–H groups in total. The van der Waals surface area contributed by atoms with Crippen molar-refractivity contribution in [3.63, 3.8) is 0 Å².